The third kappa shape index (κ3) is 2.81. The Balaban J connectivity index is 2.10. The molecule has 1 aromatic rings. The van der Waals surface area contributed by atoms with Crippen molar-refractivity contribution >= 4 is 5.91 Å². The molecule has 1 amide bonds. The van der Waals surface area contributed by atoms with E-state index in [1.54, 1.807) is 0 Å². The van der Waals surface area contributed by atoms with Gasteiger partial charge in [-0.1, -0.05) is 31.2 Å². The lowest BCUT2D eigenvalue weighted by atomic mass is 9.79. The van der Waals surface area contributed by atoms with Crippen LogP contribution in [0.2, 0.25) is 0 Å². The maximum Gasteiger partial charge on any atom is 0.253 e. The molecule has 1 unspecified atom stereocenters. The molecular weight excluding hydrogens is 222 g/mol. The SMILES string of the molecule is C=CCC1(C)CCCN(C(=O)c2ccccc2)C1. The van der Waals surface area contributed by atoms with Crippen LogP contribution in [0.1, 0.15) is 36.5 Å². The molecule has 1 saturated heterocycles. The maximum atomic E-state index is 12.4. The number of amides is 1. The summed E-state index contributed by atoms with van der Waals surface area (Å²) < 4.78 is 0. The molecule has 1 atom stereocenters. The van der Waals surface area contributed by atoms with Crippen LogP contribution in [0.4, 0.5) is 0 Å². The highest BCUT2D eigenvalue weighted by atomic mass is 16.2. The Kier molecular flexibility index (Phi) is 3.85. The van der Waals surface area contributed by atoms with Gasteiger partial charge in [-0.15, -0.1) is 6.58 Å². The lowest BCUT2D eigenvalue weighted by Crippen LogP contribution is -2.44. The van der Waals surface area contributed by atoms with Crippen LogP contribution in [0.15, 0.2) is 43.0 Å². The highest BCUT2D eigenvalue weighted by Crippen LogP contribution is 2.33. The standard InChI is InChI=1S/C16H21NO/c1-3-10-16(2)11-7-12-17(13-16)15(18)14-8-5-4-6-9-14/h3-6,8-9H,1,7,10-13H2,2H3. The number of piperidine rings is 1. The van der Waals surface area contributed by atoms with Gasteiger partial charge in [-0.25, -0.2) is 0 Å². The van der Waals surface area contributed by atoms with Crippen molar-refractivity contribution < 1.29 is 4.79 Å². The molecule has 1 aliphatic heterocycles. The molecule has 96 valence electrons. The molecule has 0 aromatic heterocycles. The smallest absolute Gasteiger partial charge is 0.253 e. The van der Waals surface area contributed by atoms with Gasteiger partial charge < -0.3 is 4.90 Å². The molecule has 0 radical (unpaired) electrons. The number of hydrogen-bond donors (Lipinski definition) is 0. The molecule has 0 saturated carbocycles. The van der Waals surface area contributed by atoms with Gasteiger partial charge in [0.05, 0.1) is 0 Å². The van der Waals surface area contributed by atoms with Gasteiger partial charge in [-0.2, -0.15) is 0 Å². The largest absolute Gasteiger partial charge is 0.338 e. The molecule has 0 bridgehead atoms. The highest BCUT2D eigenvalue weighted by molar-refractivity contribution is 5.94. The summed E-state index contributed by atoms with van der Waals surface area (Å²) in [5.41, 5.74) is 0.991. The molecule has 2 nitrogen and oxygen atoms in total. The van der Waals surface area contributed by atoms with Crippen molar-refractivity contribution in [2.24, 2.45) is 5.41 Å². The Morgan fingerprint density at radius 3 is 2.83 bits per heavy atom. The van der Waals surface area contributed by atoms with E-state index in [-0.39, 0.29) is 11.3 Å². The minimum Gasteiger partial charge on any atom is -0.338 e. The van der Waals surface area contributed by atoms with E-state index in [4.69, 9.17) is 0 Å². The summed E-state index contributed by atoms with van der Waals surface area (Å²) in [6.07, 6.45) is 5.21. The summed E-state index contributed by atoms with van der Waals surface area (Å²) in [7, 11) is 0. The van der Waals surface area contributed by atoms with Crippen molar-refractivity contribution in [3.63, 3.8) is 0 Å². The van der Waals surface area contributed by atoms with Gasteiger partial charge in [0.15, 0.2) is 0 Å². The second-order valence-electron chi connectivity index (χ2n) is 5.50. The lowest BCUT2D eigenvalue weighted by molar-refractivity contribution is 0.0556. The van der Waals surface area contributed by atoms with Gasteiger partial charge in [-0.05, 0) is 36.8 Å². The van der Waals surface area contributed by atoms with Crippen LogP contribution in [-0.4, -0.2) is 23.9 Å². The van der Waals surface area contributed by atoms with Crippen molar-refractivity contribution in [1.82, 2.24) is 4.90 Å². The van der Waals surface area contributed by atoms with Gasteiger partial charge in [-0.3, -0.25) is 4.79 Å². The van der Waals surface area contributed by atoms with Crippen molar-refractivity contribution in [3.05, 3.63) is 48.6 Å². The summed E-state index contributed by atoms with van der Waals surface area (Å²) in [5.74, 6) is 0.158. The summed E-state index contributed by atoms with van der Waals surface area (Å²) >= 11 is 0. The van der Waals surface area contributed by atoms with Crippen LogP contribution in [-0.2, 0) is 0 Å². The van der Waals surface area contributed by atoms with Crippen LogP contribution >= 0.6 is 0 Å². The molecule has 0 N–H and O–H groups in total. The minimum absolute atomic E-state index is 0.158. The second kappa shape index (κ2) is 5.38. The topological polar surface area (TPSA) is 20.3 Å². The predicted molar refractivity (Wildman–Crippen MR) is 74.5 cm³/mol. The van der Waals surface area contributed by atoms with E-state index >= 15 is 0 Å². The highest BCUT2D eigenvalue weighted by Gasteiger charge is 2.32. The van der Waals surface area contributed by atoms with E-state index in [2.05, 4.69) is 13.5 Å². The summed E-state index contributed by atoms with van der Waals surface area (Å²) in [4.78, 5) is 14.4. The van der Waals surface area contributed by atoms with E-state index < -0.39 is 0 Å². The number of rotatable bonds is 3. The van der Waals surface area contributed by atoms with Gasteiger partial charge >= 0.3 is 0 Å². The van der Waals surface area contributed by atoms with E-state index in [1.165, 1.54) is 6.42 Å². The van der Waals surface area contributed by atoms with Crippen molar-refractivity contribution in [2.45, 2.75) is 26.2 Å². The molecular formula is C16H21NO. The number of carbonyl (C=O) groups excluding carboxylic acids is 1. The van der Waals surface area contributed by atoms with Gasteiger partial charge in [0.2, 0.25) is 0 Å². The van der Waals surface area contributed by atoms with E-state index in [0.717, 1.165) is 31.5 Å². The molecule has 2 heteroatoms. The number of carbonyl (C=O) groups is 1. The van der Waals surface area contributed by atoms with Crippen LogP contribution < -0.4 is 0 Å². The Hall–Kier alpha value is -1.57. The maximum absolute atomic E-state index is 12.4. The predicted octanol–water partition coefficient (Wildman–Crippen LogP) is 3.51. The molecule has 1 aliphatic rings. The monoisotopic (exact) mass is 243 g/mol. The number of hydrogen-bond acceptors (Lipinski definition) is 1. The van der Waals surface area contributed by atoms with Gasteiger partial charge in [0, 0.05) is 18.7 Å². The van der Waals surface area contributed by atoms with Crippen LogP contribution in [0.3, 0.4) is 0 Å². The summed E-state index contributed by atoms with van der Waals surface area (Å²) in [6, 6.07) is 9.55. The fourth-order valence-electron chi connectivity index (χ4n) is 2.77. The Bertz CT molecular complexity index is 426. The second-order valence-corrected chi connectivity index (χ2v) is 5.50. The molecule has 0 aliphatic carbocycles. The van der Waals surface area contributed by atoms with Crippen LogP contribution in [0.25, 0.3) is 0 Å². The van der Waals surface area contributed by atoms with Gasteiger partial charge in [0.25, 0.3) is 5.91 Å². The van der Waals surface area contributed by atoms with Crippen molar-refractivity contribution in [3.8, 4) is 0 Å². The van der Waals surface area contributed by atoms with Crippen molar-refractivity contribution in [2.75, 3.05) is 13.1 Å². The average Bonchev–Trinajstić information content (AvgIpc) is 2.39. The molecule has 18 heavy (non-hydrogen) atoms. The van der Waals surface area contributed by atoms with E-state index in [0.29, 0.717) is 0 Å². The molecule has 1 fully saturated rings. The fraction of sp³-hybridized carbons (Fsp3) is 0.438. The third-order valence-electron chi connectivity index (χ3n) is 3.73. The first-order valence-electron chi connectivity index (χ1n) is 6.60. The summed E-state index contributed by atoms with van der Waals surface area (Å²) in [5, 5.41) is 0. The molecule has 1 heterocycles. The first-order chi connectivity index (χ1) is 8.64. The van der Waals surface area contributed by atoms with Crippen LogP contribution in [0.5, 0.6) is 0 Å². The molecule has 2 rings (SSSR count). The number of allylic oxidation sites excluding steroid dienone is 1. The number of benzene rings is 1. The quantitative estimate of drug-likeness (QED) is 0.744. The zero-order valence-corrected chi connectivity index (χ0v) is 11.1. The first-order valence-corrected chi connectivity index (χ1v) is 6.60. The minimum atomic E-state index is 0.158. The fourth-order valence-corrected chi connectivity index (χ4v) is 2.77. The van der Waals surface area contributed by atoms with E-state index in [9.17, 15) is 4.79 Å². The zero-order valence-electron chi connectivity index (χ0n) is 11.1. The van der Waals surface area contributed by atoms with Crippen LogP contribution in [0, 0.1) is 5.41 Å². The first kappa shape index (κ1) is 12.9. The molecule has 0 spiro atoms. The normalized spacial score (nSPS) is 23.7. The number of likely N-dealkylation sites (tertiary alicyclic amines) is 1. The van der Waals surface area contributed by atoms with E-state index in [1.807, 2.05) is 41.3 Å². The van der Waals surface area contributed by atoms with Crippen molar-refractivity contribution in [1.29, 1.82) is 0 Å². The average molecular weight is 243 g/mol. The Morgan fingerprint density at radius 2 is 2.17 bits per heavy atom. The Morgan fingerprint density at radius 1 is 1.44 bits per heavy atom. The Labute approximate surface area is 109 Å². The summed E-state index contributed by atoms with van der Waals surface area (Å²) in [6.45, 7) is 7.79. The van der Waals surface area contributed by atoms with Gasteiger partial charge in [0.1, 0.15) is 0 Å². The number of nitrogens with zero attached hydrogens (tertiary/aromatic N) is 1. The lowest BCUT2D eigenvalue weighted by Gasteiger charge is -2.40. The third-order valence-corrected chi connectivity index (χ3v) is 3.73. The zero-order chi connectivity index (χ0) is 13.0. The molecule has 1 aromatic carbocycles.